The molecule has 288 valence electrons. The van der Waals surface area contributed by atoms with E-state index in [1.54, 1.807) is 0 Å². The first-order valence-corrected chi connectivity index (χ1v) is 21.3. The third kappa shape index (κ3) is 7.75. The molecular formula is C40H43F6N3O3SSi. The second-order valence-electron chi connectivity index (χ2n) is 15.1. The number of rotatable bonds is 10. The fourth-order valence-electron chi connectivity index (χ4n) is 8.17. The number of nitrogens with one attached hydrogen (secondary N) is 2. The summed E-state index contributed by atoms with van der Waals surface area (Å²) >= 11 is 0. The van der Waals surface area contributed by atoms with Crippen molar-refractivity contribution in [1.82, 2.24) is 9.62 Å². The van der Waals surface area contributed by atoms with Crippen LogP contribution in [-0.4, -0.2) is 53.6 Å². The number of hydrogen-bond donors (Lipinski definition) is 2. The lowest BCUT2D eigenvalue weighted by molar-refractivity contribution is -0.138. The molecule has 5 atom stereocenters. The van der Waals surface area contributed by atoms with Gasteiger partial charge in [-0.1, -0.05) is 106 Å². The standard InChI is InChI=1S/C40H43F6N3O3SSi/c1-39(2,3)54(30-13-6-4-7-14-30,31-15-8-5-9-16-31)52-36-19-11-18-33(36)38(50)49-21-20-34(48-53(47,51)40(44,45)46)35(49)24-26-12-10-17-32(37(26)43)27-22-28(41)25-29(42)23-27/h4-10,12-17,22-23,25,33-36H,11,18-21,24H2,1-3H3,(H2,47,48,51)/t33-,34+,35+,36-,53?/m1/s1. The third-order valence-electron chi connectivity index (χ3n) is 10.7. The average Bonchev–Trinajstić information content (AvgIpc) is 3.73. The zero-order valence-corrected chi connectivity index (χ0v) is 32.0. The van der Waals surface area contributed by atoms with E-state index in [4.69, 9.17) is 9.21 Å². The van der Waals surface area contributed by atoms with Crippen LogP contribution in [0.3, 0.4) is 0 Å². The summed E-state index contributed by atoms with van der Waals surface area (Å²) < 4.78 is 115. The van der Waals surface area contributed by atoms with Crippen LogP contribution in [0, 0.1) is 28.1 Å². The Bertz CT molecular complexity index is 2020. The summed E-state index contributed by atoms with van der Waals surface area (Å²) in [5, 5.41) is 1.66. The van der Waals surface area contributed by atoms with Crippen molar-refractivity contribution in [2.24, 2.45) is 5.92 Å². The molecule has 1 aliphatic heterocycles. The van der Waals surface area contributed by atoms with Gasteiger partial charge in [0.2, 0.25) is 15.8 Å². The van der Waals surface area contributed by atoms with Crippen LogP contribution in [0.2, 0.25) is 5.04 Å². The summed E-state index contributed by atoms with van der Waals surface area (Å²) in [4.78, 5) is 16.2. The molecule has 6 rings (SSSR count). The van der Waals surface area contributed by atoms with Gasteiger partial charge in [0.1, 0.15) is 17.5 Å². The molecule has 0 spiro atoms. The number of halogens is 6. The molecule has 1 saturated carbocycles. The topological polar surface area (TPSA) is 82.5 Å². The Balaban J connectivity index is 1.37. The lowest BCUT2D eigenvalue weighted by Gasteiger charge is -2.45. The largest absolute Gasteiger partial charge is 0.492 e. The van der Waals surface area contributed by atoms with E-state index in [0.29, 0.717) is 25.3 Å². The molecule has 0 radical (unpaired) electrons. The van der Waals surface area contributed by atoms with Crippen molar-refractivity contribution in [3.63, 3.8) is 0 Å². The Morgan fingerprint density at radius 3 is 2.02 bits per heavy atom. The summed E-state index contributed by atoms with van der Waals surface area (Å²) in [5.41, 5.74) is -5.65. The van der Waals surface area contributed by atoms with Crippen LogP contribution in [0.5, 0.6) is 0 Å². The maximum Gasteiger partial charge on any atom is 0.492 e. The van der Waals surface area contributed by atoms with E-state index in [2.05, 4.69) is 20.8 Å². The molecular weight excluding hydrogens is 745 g/mol. The minimum atomic E-state index is -5.40. The zero-order valence-electron chi connectivity index (χ0n) is 30.1. The number of nitrogens with zero attached hydrogens (tertiary/aromatic N) is 1. The molecule has 1 unspecified atom stereocenters. The van der Waals surface area contributed by atoms with Crippen molar-refractivity contribution in [1.29, 1.82) is 4.78 Å². The number of hydrogen-bond acceptors (Lipinski definition) is 4. The number of alkyl halides is 3. The fourth-order valence-corrected chi connectivity index (χ4v) is 13.8. The summed E-state index contributed by atoms with van der Waals surface area (Å²) in [6.45, 7) is 6.33. The van der Waals surface area contributed by atoms with E-state index in [9.17, 15) is 31.0 Å². The summed E-state index contributed by atoms with van der Waals surface area (Å²) in [6, 6.07) is 24.2. The number of amides is 1. The Kier molecular flexibility index (Phi) is 11.2. The molecule has 1 heterocycles. The van der Waals surface area contributed by atoms with E-state index in [-0.39, 0.29) is 42.0 Å². The lowest BCUT2D eigenvalue weighted by Crippen LogP contribution is -2.68. The second kappa shape index (κ2) is 15.3. The number of carbonyl (C=O) groups excluding carboxylic acids is 1. The van der Waals surface area contributed by atoms with Crippen molar-refractivity contribution in [2.75, 3.05) is 6.54 Å². The van der Waals surface area contributed by atoms with Gasteiger partial charge in [0.15, 0.2) is 0 Å². The minimum absolute atomic E-state index is 0.0244. The molecule has 6 nitrogen and oxygen atoms in total. The highest BCUT2D eigenvalue weighted by Gasteiger charge is 2.54. The van der Waals surface area contributed by atoms with E-state index in [1.807, 2.05) is 65.4 Å². The molecule has 2 aliphatic rings. The van der Waals surface area contributed by atoms with Gasteiger partial charge in [0.05, 0.1) is 18.1 Å². The van der Waals surface area contributed by atoms with Crippen molar-refractivity contribution in [2.45, 2.75) is 81.6 Å². The predicted molar refractivity (Wildman–Crippen MR) is 199 cm³/mol. The molecule has 2 fully saturated rings. The van der Waals surface area contributed by atoms with Crippen LogP contribution in [0.1, 0.15) is 52.0 Å². The lowest BCUT2D eigenvalue weighted by atomic mass is 9.95. The normalized spacial score (nSPS) is 22.0. The Morgan fingerprint density at radius 2 is 1.46 bits per heavy atom. The van der Waals surface area contributed by atoms with Crippen molar-refractivity contribution in [3.8, 4) is 11.1 Å². The number of benzene rings is 4. The van der Waals surface area contributed by atoms with Crippen molar-refractivity contribution in [3.05, 3.63) is 120 Å². The first-order valence-electron chi connectivity index (χ1n) is 17.9. The molecule has 54 heavy (non-hydrogen) atoms. The van der Waals surface area contributed by atoms with Crippen LogP contribution in [0.25, 0.3) is 11.1 Å². The van der Waals surface area contributed by atoms with Crippen LogP contribution < -0.4 is 15.1 Å². The van der Waals surface area contributed by atoms with Crippen molar-refractivity contribution < 1.29 is 39.8 Å². The van der Waals surface area contributed by atoms with Gasteiger partial charge < -0.3 is 9.33 Å². The summed E-state index contributed by atoms with van der Waals surface area (Å²) in [5.74, 6) is -3.76. The summed E-state index contributed by atoms with van der Waals surface area (Å²) in [6.07, 6.45) is 0.740. The first kappa shape index (κ1) is 39.7. The molecule has 4 aromatic carbocycles. The molecule has 14 heteroatoms. The van der Waals surface area contributed by atoms with Crippen LogP contribution >= 0.6 is 0 Å². The van der Waals surface area contributed by atoms with E-state index in [1.165, 1.54) is 23.1 Å². The maximum absolute atomic E-state index is 16.2. The van der Waals surface area contributed by atoms with Gasteiger partial charge in [0, 0.05) is 24.2 Å². The smallest absolute Gasteiger partial charge is 0.404 e. The van der Waals surface area contributed by atoms with Gasteiger partial charge in [0.25, 0.3) is 8.32 Å². The quantitative estimate of drug-likeness (QED) is 0.126. The van der Waals surface area contributed by atoms with Gasteiger partial charge in [-0.05, 0) is 64.4 Å². The molecule has 0 bridgehead atoms. The Morgan fingerprint density at radius 1 is 0.870 bits per heavy atom. The monoisotopic (exact) mass is 787 g/mol. The third-order valence-corrected chi connectivity index (χ3v) is 17.0. The van der Waals surface area contributed by atoms with Crippen LogP contribution in [0.15, 0.2) is 97.1 Å². The Hall–Kier alpha value is -3.98. The van der Waals surface area contributed by atoms with Crippen LogP contribution in [0.4, 0.5) is 26.3 Å². The van der Waals surface area contributed by atoms with Gasteiger partial charge in [-0.15, -0.1) is 0 Å². The maximum atomic E-state index is 16.2. The average molecular weight is 788 g/mol. The highest BCUT2D eigenvalue weighted by atomic mass is 32.2. The molecule has 1 amide bonds. The van der Waals surface area contributed by atoms with Gasteiger partial charge in [-0.25, -0.2) is 26.9 Å². The van der Waals surface area contributed by atoms with Gasteiger partial charge >= 0.3 is 5.51 Å². The van der Waals surface area contributed by atoms with Gasteiger partial charge in [-0.3, -0.25) is 4.79 Å². The number of likely N-dealkylation sites (tertiary alicyclic amines) is 1. The molecule has 4 aromatic rings. The second-order valence-corrected chi connectivity index (χ2v) is 21.2. The van der Waals surface area contributed by atoms with E-state index in [0.717, 1.165) is 22.5 Å². The zero-order chi connectivity index (χ0) is 39.1. The van der Waals surface area contributed by atoms with E-state index >= 15 is 4.39 Å². The highest BCUT2D eigenvalue weighted by molar-refractivity contribution is 7.91. The highest BCUT2D eigenvalue weighted by Crippen LogP contribution is 2.42. The molecule has 1 saturated heterocycles. The fraction of sp³-hybridized carbons (Fsp3) is 0.375. The first-order chi connectivity index (χ1) is 25.4. The molecule has 0 aromatic heterocycles. The number of carbonyl (C=O) groups is 1. The SMILES string of the molecule is CC(C)(C)[Si](O[C@@H]1CCC[C@H]1C(=O)N1CC[C@H](NS(=N)(=O)C(F)(F)F)[C@@H]1Cc1cccc(-c2cc(F)cc(F)c2)c1F)(c1ccccc1)c1ccccc1. The van der Waals surface area contributed by atoms with Gasteiger partial charge in [-0.2, -0.15) is 13.2 Å². The van der Waals surface area contributed by atoms with Crippen molar-refractivity contribution >= 4 is 34.5 Å². The Labute approximate surface area is 313 Å². The molecule has 1 aliphatic carbocycles. The van der Waals surface area contributed by atoms with E-state index < -0.39 is 70.3 Å². The van der Waals surface area contributed by atoms with Crippen LogP contribution in [-0.2, 0) is 25.6 Å². The summed E-state index contributed by atoms with van der Waals surface area (Å²) in [7, 11) is -8.46. The predicted octanol–water partition coefficient (Wildman–Crippen LogP) is 8.10. The molecule has 2 N–H and O–H groups in total. The minimum Gasteiger partial charge on any atom is -0.404 e.